The lowest BCUT2D eigenvalue weighted by molar-refractivity contribution is -0.169. The Morgan fingerprint density at radius 1 is 1.35 bits per heavy atom. The van der Waals surface area contributed by atoms with Gasteiger partial charge in [-0.1, -0.05) is 13.0 Å². The number of ether oxygens (including phenoxy) is 2. The molecule has 2 saturated carbocycles. The molecule has 26 heavy (non-hydrogen) atoms. The van der Waals surface area contributed by atoms with E-state index in [1.807, 2.05) is 12.1 Å². The van der Waals surface area contributed by atoms with Gasteiger partial charge in [-0.3, -0.25) is 0 Å². The maximum absolute atomic E-state index is 11.4. The maximum atomic E-state index is 11.4. The standard InChI is InChI=1S/C20H25NO5/c1-13-10-19(12-21,7-8-20(13,24)18(22)23)15-5-6-16(25-2)17(9-15)26-11-14-3-4-14/h5-6,9,13-14,24H,3-4,7-8,10-11H2,1-2H3,(H,22,23)/t13-,19?,20+/m1/s1. The van der Waals surface area contributed by atoms with Crippen LogP contribution in [-0.2, 0) is 10.2 Å². The number of hydrogen-bond acceptors (Lipinski definition) is 5. The van der Waals surface area contributed by atoms with E-state index in [-0.39, 0.29) is 19.3 Å². The van der Waals surface area contributed by atoms with Gasteiger partial charge >= 0.3 is 5.97 Å². The van der Waals surface area contributed by atoms with E-state index in [4.69, 9.17) is 9.47 Å². The summed E-state index contributed by atoms with van der Waals surface area (Å²) < 4.78 is 11.3. The molecule has 0 spiro atoms. The van der Waals surface area contributed by atoms with E-state index in [0.717, 1.165) is 5.56 Å². The third-order valence-corrected chi connectivity index (χ3v) is 5.87. The Hall–Kier alpha value is -2.26. The molecule has 0 aliphatic heterocycles. The van der Waals surface area contributed by atoms with Crippen molar-refractivity contribution in [2.45, 2.75) is 50.0 Å². The zero-order valence-corrected chi connectivity index (χ0v) is 15.2. The number of hydrogen-bond donors (Lipinski definition) is 2. The van der Waals surface area contributed by atoms with Gasteiger partial charge in [-0.25, -0.2) is 4.79 Å². The number of benzene rings is 1. The first-order chi connectivity index (χ1) is 12.3. The molecule has 0 bridgehead atoms. The van der Waals surface area contributed by atoms with Gasteiger partial charge in [0.1, 0.15) is 0 Å². The Balaban J connectivity index is 1.89. The van der Waals surface area contributed by atoms with Crippen molar-refractivity contribution in [3.8, 4) is 17.6 Å². The van der Waals surface area contributed by atoms with Gasteiger partial charge in [-0.05, 0) is 61.6 Å². The highest BCUT2D eigenvalue weighted by molar-refractivity contribution is 5.78. The van der Waals surface area contributed by atoms with Crippen LogP contribution in [0.2, 0.25) is 0 Å². The van der Waals surface area contributed by atoms with Crippen molar-refractivity contribution in [3.63, 3.8) is 0 Å². The number of nitrogens with zero attached hydrogens (tertiary/aromatic N) is 1. The van der Waals surface area contributed by atoms with Crippen LogP contribution in [0, 0.1) is 23.2 Å². The first-order valence-electron chi connectivity index (χ1n) is 9.03. The molecule has 6 heteroatoms. The van der Waals surface area contributed by atoms with E-state index < -0.39 is 22.9 Å². The van der Waals surface area contributed by atoms with Crippen LogP contribution in [0.15, 0.2) is 18.2 Å². The molecule has 2 aliphatic carbocycles. The van der Waals surface area contributed by atoms with E-state index in [1.165, 1.54) is 12.8 Å². The number of aliphatic carboxylic acids is 1. The van der Waals surface area contributed by atoms with Crippen LogP contribution in [0.5, 0.6) is 11.5 Å². The first-order valence-corrected chi connectivity index (χ1v) is 9.03. The number of carbonyl (C=O) groups is 1. The summed E-state index contributed by atoms with van der Waals surface area (Å²) in [7, 11) is 1.58. The van der Waals surface area contributed by atoms with Crippen molar-refractivity contribution in [2.75, 3.05) is 13.7 Å². The average molecular weight is 359 g/mol. The third-order valence-electron chi connectivity index (χ3n) is 5.87. The quantitative estimate of drug-likeness (QED) is 0.810. The molecule has 0 radical (unpaired) electrons. The lowest BCUT2D eigenvalue weighted by atomic mass is 9.61. The predicted molar refractivity (Wildman–Crippen MR) is 94.1 cm³/mol. The largest absolute Gasteiger partial charge is 0.493 e. The van der Waals surface area contributed by atoms with Crippen LogP contribution < -0.4 is 9.47 Å². The van der Waals surface area contributed by atoms with Crippen LogP contribution in [0.3, 0.4) is 0 Å². The number of methoxy groups -OCH3 is 1. The average Bonchev–Trinajstić information content (AvgIpc) is 3.46. The Morgan fingerprint density at radius 2 is 2.08 bits per heavy atom. The molecular weight excluding hydrogens is 334 g/mol. The molecule has 1 aromatic rings. The second kappa shape index (κ2) is 6.81. The molecule has 6 nitrogen and oxygen atoms in total. The van der Waals surface area contributed by atoms with Gasteiger partial charge < -0.3 is 19.7 Å². The van der Waals surface area contributed by atoms with Gasteiger partial charge in [0.15, 0.2) is 17.1 Å². The Labute approximate surface area is 153 Å². The molecule has 0 amide bonds. The van der Waals surface area contributed by atoms with Crippen molar-refractivity contribution in [2.24, 2.45) is 11.8 Å². The number of carboxylic acids is 1. The first kappa shape index (κ1) is 18.5. The fourth-order valence-corrected chi connectivity index (χ4v) is 3.77. The highest BCUT2D eigenvalue weighted by atomic mass is 16.5. The minimum atomic E-state index is -1.78. The molecule has 2 N–H and O–H groups in total. The predicted octanol–water partition coefficient (Wildman–Crippen LogP) is 2.88. The van der Waals surface area contributed by atoms with E-state index in [1.54, 1.807) is 20.1 Å². The number of aliphatic hydroxyl groups is 1. The van der Waals surface area contributed by atoms with Crippen molar-refractivity contribution in [3.05, 3.63) is 23.8 Å². The zero-order chi connectivity index (χ0) is 18.9. The summed E-state index contributed by atoms with van der Waals surface area (Å²) in [5.74, 6) is 0.0614. The third kappa shape index (κ3) is 3.24. The van der Waals surface area contributed by atoms with Crippen LogP contribution in [0.4, 0.5) is 0 Å². The van der Waals surface area contributed by atoms with Crippen LogP contribution in [0.1, 0.15) is 44.6 Å². The van der Waals surface area contributed by atoms with Gasteiger partial charge in [0, 0.05) is 0 Å². The summed E-state index contributed by atoms with van der Waals surface area (Å²) >= 11 is 0. The topological polar surface area (TPSA) is 99.8 Å². The molecule has 0 aromatic heterocycles. The van der Waals surface area contributed by atoms with Crippen molar-refractivity contribution in [1.82, 2.24) is 0 Å². The number of nitriles is 1. The monoisotopic (exact) mass is 359 g/mol. The van der Waals surface area contributed by atoms with Gasteiger partial charge in [0.05, 0.1) is 25.2 Å². The van der Waals surface area contributed by atoms with Crippen molar-refractivity contribution >= 4 is 5.97 Å². The van der Waals surface area contributed by atoms with E-state index in [9.17, 15) is 20.3 Å². The summed E-state index contributed by atoms with van der Waals surface area (Å²) in [6.07, 6.45) is 2.96. The molecule has 3 atom stereocenters. The van der Waals surface area contributed by atoms with Gasteiger partial charge in [-0.15, -0.1) is 0 Å². The fraction of sp³-hybridized carbons (Fsp3) is 0.600. The molecular formula is C20H25NO5. The van der Waals surface area contributed by atoms with Crippen molar-refractivity contribution < 1.29 is 24.5 Å². The zero-order valence-electron chi connectivity index (χ0n) is 15.2. The Kier molecular flexibility index (Phi) is 4.85. The fourth-order valence-electron chi connectivity index (χ4n) is 3.77. The van der Waals surface area contributed by atoms with Gasteiger partial charge in [0.2, 0.25) is 0 Å². The molecule has 2 fully saturated rings. The van der Waals surface area contributed by atoms with Gasteiger partial charge in [-0.2, -0.15) is 5.26 Å². The molecule has 0 heterocycles. The second-order valence-corrected chi connectivity index (χ2v) is 7.65. The normalized spacial score (nSPS) is 31.1. The molecule has 140 valence electrons. The van der Waals surface area contributed by atoms with Crippen LogP contribution in [-0.4, -0.2) is 35.5 Å². The minimum Gasteiger partial charge on any atom is -0.493 e. The molecule has 1 aromatic carbocycles. The summed E-state index contributed by atoms with van der Waals surface area (Å²) in [5, 5.41) is 29.7. The lowest BCUT2D eigenvalue weighted by Gasteiger charge is -2.42. The van der Waals surface area contributed by atoms with Crippen molar-refractivity contribution in [1.29, 1.82) is 5.26 Å². The molecule has 3 rings (SSSR count). The van der Waals surface area contributed by atoms with Crippen LogP contribution >= 0.6 is 0 Å². The SMILES string of the molecule is COc1ccc(C2(C#N)CC[C@@](O)(C(=O)O)[C@H](C)C2)cc1OCC1CC1. The van der Waals surface area contributed by atoms with Gasteiger partial charge in [0.25, 0.3) is 0 Å². The summed E-state index contributed by atoms with van der Waals surface area (Å²) in [6, 6.07) is 7.85. The highest BCUT2D eigenvalue weighted by Crippen LogP contribution is 2.47. The summed E-state index contributed by atoms with van der Waals surface area (Å²) in [6.45, 7) is 2.32. The molecule has 0 saturated heterocycles. The van der Waals surface area contributed by atoms with E-state index >= 15 is 0 Å². The summed E-state index contributed by atoms with van der Waals surface area (Å²) in [5.41, 5.74) is -1.84. The van der Waals surface area contributed by atoms with E-state index in [0.29, 0.717) is 24.0 Å². The second-order valence-electron chi connectivity index (χ2n) is 7.65. The smallest absolute Gasteiger partial charge is 0.335 e. The molecule has 1 unspecified atom stereocenters. The van der Waals surface area contributed by atoms with E-state index in [2.05, 4.69) is 6.07 Å². The maximum Gasteiger partial charge on any atom is 0.335 e. The highest BCUT2D eigenvalue weighted by Gasteiger charge is 2.52. The number of carboxylic acid groups (broad SMARTS) is 1. The minimum absolute atomic E-state index is 0.0430. The molecule has 2 aliphatic rings. The Morgan fingerprint density at radius 3 is 2.62 bits per heavy atom. The summed E-state index contributed by atoms with van der Waals surface area (Å²) in [4.78, 5) is 11.4. The Bertz CT molecular complexity index is 738. The number of rotatable bonds is 6. The lowest BCUT2D eigenvalue weighted by Crippen LogP contribution is -2.52. The van der Waals surface area contributed by atoms with Crippen LogP contribution in [0.25, 0.3) is 0 Å².